The van der Waals surface area contributed by atoms with Gasteiger partial charge in [0.1, 0.15) is 11.6 Å². The third kappa shape index (κ3) is 3.91. The van der Waals surface area contributed by atoms with Gasteiger partial charge in [0.2, 0.25) is 5.95 Å². The van der Waals surface area contributed by atoms with Crippen LogP contribution in [0.2, 0.25) is 0 Å². The Hall–Kier alpha value is -3.80. The Bertz CT molecular complexity index is 1220. The fraction of sp³-hybridized carbons (Fsp3) is 0.200. The first-order valence-corrected chi connectivity index (χ1v) is 10.6. The molecule has 1 amide bonds. The summed E-state index contributed by atoms with van der Waals surface area (Å²) in [5, 5.41) is 8.54. The molecule has 2 aliphatic rings. The number of amides is 1. The van der Waals surface area contributed by atoms with Gasteiger partial charge in [-0.15, -0.1) is 0 Å². The molecule has 10 nitrogen and oxygen atoms in total. The molecule has 0 aliphatic carbocycles. The van der Waals surface area contributed by atoms with Crippen molar-refractivity contribution in [3.8, 4) is 11.5 Å². The molecule has 0 bridgehead atoms. The number of ether oxygens (including phenoxy) is 2. The number of fused-ring (bicyclic) bond motifs is 2. The number of halogens is 1. The molecule has 0 saturated carbocycles. The first-order chi connectivity index (χ1) is 15.4. The van der Waals surface area contributed by atoms with Crippen molar-refractivity contribution in [2.75, 3.05) is 26.6 Å². The van der Waals surface area contributed by atoms with Crippen LogP contribution in [0.3, 0.4) is 0 Å². The van der Waals surface area contributed by atoms with Crippen LogP contribution < -0.4 is 30.1 Å². The third-order valence-electron chi connectivity index (χ3n) is 4.68. The molecule has 0 radical (unpaired) electrons. The first-order valence-electron chi connectivity index (χ1n) is 9.60. The summed E-state index contributed by atoms with van der Waals surface area (Å²) >= 11 is 1.44. The number of carbonyl (C=O) groups is 1. The van der Waals surface area contributed by atoms with Crippen molar-refractivity contribution < 1.29 is 18.7 Å². The van der Waals surface area contributed by atoms with Crippen LogP contribution in [0.15, 0.2) is 36.5 Å². The fourth-order valence-corrected chi connectivity index (χ4v) is 3.61. The van der Waals surface area contributed by atoms with E-state index in [4.69, 9.17) is 9.47 Å². The second-order valence-corrected chi connectivity index (χ2v) is 8.20. The number of hydrogen-bond acceptors (Lipinski definition) is 10. The van der Waals surface area contributed by atoms with E-state index in [0.717, 1.165) is 17.6 Å². The molecule has 2 aliphatic heterocycles. The topological polar surface area (TPSA) is 122 Å². The number of aromatic nitrogens is 3. The summed E-state index contributed by atoms with van der Waals surface area (Å²) < 4.78 is 28.7. The van der Waals surface area contributed by atoms with Crippen LogP contribution in [0.5, 0.6) is 11.5 Å². The van der Waals surface area contributed by atoms with E-state index < -0.39 is 11.4 Å². The zero-order valence-electron chi connectivity index (χ0n) is 17.0. The molecule has 2 aromatic heterocycles. The summed E-state index contributed by atoms with van der Waals surface area (Å²) in [6.07, 6.45) is 1.05. The Morgan fingerprint density at radius 3 is 2.88 bits per heavy atom. The van der Waals surface area contributed by atoms with E-state index in [1.165, 1.54) is 11.9 Å². The lowest BCUT2D eigenvalue weighted by Crippen LogP contribution is -2.46. The Kier molecular flexibility index (Phi) is 4.85. The van der Waals surface area contributed by atoms with Crippen LogP contribution in [0, 0.1) is 5.82 Å². The molecular weight excluding hydrogens is 437 g/mol. The van der Waals surface area contributed by atoms with Gasteiger partial charge in [0.05, 0.1) is 11.9 Å². The van der Waals surface area contributed by atoms with Crippen molar-refractivity contribution in [3.63, 3.8) is 0 Å². The second-order valence-electron chi connectivity index (χ2n) is 7.47. The number of nitrogens with one attached hydrogen (secondary N) is 4. The number of nitrogens with zero attached hydrogens (tertiary/aromatic N) is 3. The van der Waals surface area contributed by atoms with Gasteiger partial charge in [0.25, 0.3) is 5.91 Å². The van der Waals surface area contributed by atoms with Crippen LogP contribution in [-0.4, -0.2) is 32.4 Å². The predicted octanol–water partition coefficient (Wildman–Crippen LogP) is 4.02. The molecule has 0 spiro atoms. The van der Waals surface area contributed by atoms with Crippen LogP contribution in [-0.2, 0) is 4.79 Å². The van der Waals surface area contributed by atoms with Gasteiger partial charge in [-0.25, -0.2) is 14.4 Å². The molecule has 0 unspecified atom stereocenters. The van der Waals surface area contributed by atoms with Crippen LogP contribution in [0.25, 0.3) is 0 Å². The molecule has 0 saturated heterocycles. The van der Waals surface area contributed by atoms with Gasteiger partial charge in [0.15, 0.2) is 34.7 Å². The summed E-state index contributed by atoms with van der Waals surface area (Å²) in [5.74, 6) is 1.36. The van der Waals surface area contributed by atoms with E-state index in [0.29, 0.717) is 17.4 Å². The second kappa shape index (κ2) is 7.71. The van der Waals surface area contributed by atoms with E-state index in [1.54, 1.807) is 26.0 Å². The Morgan fingerprint density at radius 1 is 1.16 bits per heavy atom. The molecule has 0 atom stereocenters. The summed E-state index contributed by atoms with van der Waals surface area (Å²) in [4.78, 5) is 24.6. The number of pyridine rings is 1. The molecule has 4 N–H and O–H groups in total. The Balaban J connectivity index is 1.36. The van der Waals surface area contributed by atoms with Crippen LogP contribution in [0.1, 0.15) is 13.8 Å². The first kappa shape index (κ1) is 20.1. The van der Waals surface area contributed by atoms with Gasteiger partial charge >= 0.3 is 0 Å². The molecule has 3 aromatic rings. The molecule has 12 heteroatoms. The molecule has 0 fully saturated rings. The van der Waals surface area contributed by atoms with E-state index in [9.17, 15) is 9.18 Å². The summed E-state index contributed by atoms with van der Waals surface area (Å²) in [7, 11) is 0. The van der Waals surface area contributed by atoms with Crippen LogP contribution in [0.4, 0.5) is 39.2 Å². The largest absolute Gasteiger partial charge is 0.479 e. The van der Waals surface area contributed by atoms with Gasteiger partial charge in [-0.2, -0.15) is 4.98 Å². The quantitative estimate of drug-likeness (QED) is 0.429. The van der Waals surface area contributed by atoms with Gasteiger partial charge in [-0.3, -0.25) is 4.79 Å². The lowest BCUT2D eigenvalue weighted by Gasteiger charge is -2.30. The minimum absolute atomic E-state index is 0.0756. The van der Waals surface area contributed by atoms with Crippen molar-refractivity contribution >= 4 is 52.6 Å². The average molecular weight is 455 g/mol. The fourth-order valence-electron chi connectivity index (χ4n) is 3.05. The predicted molar refractivity (Wildman–Crippen MR) is 119 cm³/mol. The number of hydrogen-bond donors (Lipinski definition) is 4. The molecule has 4 heterocycles. The van der Waals surface area contributed by atoms with Crippen molar-refractivity contribution in [1.82, 2.24) is 15.0 Å². The van der Waals surface area contributed by atoms with Gasteiger partial charge in [-0.1, -0.05) is 0 Å². The van der Waals surface area contributed by atoms with Gasteiger partial charge in [-0.05, 0) is 56.1 Å². The third-order valence-corrected chi connectivity index (χ3v) is 5.28. The van der Waals surface area contributed by atoms with Gasteiger partial charge in [0, 0.05) is 5.69 Å². The number of rotatable bonds is 4. The van der Waals surface area contributed by atoms with Crippen LogP contribution >= 0.6 is 11.9 Å². The highest BCUT2D eigenvalue weighted by Crippen LogP contribution is 2.35. The van der Waals surface area contributed by atoms with Crippen molar-refractivity contribution in [3.05, 3.63) is 42.3 Å². The lowest BCUT2D eigenvalue weighted by molar-refractivity contribution is -0.129. The average Bonchev–Trinajstić information content (AvgIpc) is 2.77. The molecular formula is C20H18FN7O3S. The number of anilines is 6. The molecule has 32 heavy (non-hydrogen) atoms. The zero-order valence-corrected chi connectivity index (χ0v) is 17.8. The van der Waals surface area contributed by atoms with E-state index in [2.05, 4.69) is 35.6 Å². The number of carbonyl (C=O) groups excluding carboxylic acids is 1. The number of benzene rings is 1. The highest BCUT2D eigenvalue weighted by atomic mass is 32.2. The Morgan fingerprint density at radius 2 is 2.00 bits per heavy atom. The lowest BCUT2D eigenvalue weighted by atomic mass is 10.1. The van der Waals surface area contributed by atoms with E-state index in [-0.39, 0.29) is 29.3 Å². The van der Waals surface area contributed by atoms with Crippen molar-refractivity contribution in [2.24, 2.45) is 0 Å². The van der Waals surface area contributed by atoms with E-state index in [1.807, 2.05) is 18.2 Å². The van der Waals surface area contributed by atoms with Gasteiger partial charge < -0.3 is 30.1 Å². The maximum atomic E-state index is 14.4. The smallest absolute Gasteiger partial charge is 0.269 e. The molecule has 5 rings (SSSR count). The SMILES string of the molecule is CC1(C)Oc2ccc(Nc3nc(Nc4ccc5c(c4)NSCO5)ncc3F)nc2NC1=O. The minimum Gasteiger partial charge on any atom is -0.479 e. The van der Waals surface area contributed by atoms with E-state index >= 15 is 0 Å². The molecule has 164 valence electrons. The highest BCUT2D eigenvalue weighted by Gasteiger charge is 2.36. The van der Waals surface area contributed by atoms with Crippen molar-refractivity contribution in [2.45, 2.75) is 19.4 Å². The maximum absolute atomic E-state index is 14.4. The standard InChI is InChI=1S/C20H18FN7O3S/c1-20(2)18(29)26-17-14(31-20)5-6-15(25-17)24-16-11(21)8-22-19(27-16)23-10-3-4-13-12(7-10)28-32-9-30-13/h3-8,28H,9H2,1-2H3,(H3,22,23,24,25,26,27,29). The highest BCUT2D eigenvalue weighted by molar-refractivity contribution is 8.00. The summed E-state index contributed by atoms with van der Waals surface area (Å²) in [5.41, 5.74) is 0.520. The maximum Gasteiger partial charge on any atom is 0.269 e. The normalized spacial score (nSPS) is 15.8. The summed E-state index contributed by atoms with van der Waals surface area (Å²) in [6, 6.07) is 8.72. The molecule has 1 aromatic carbocycles. The monoisotopic (exact) mass is 455 g/mol. The Labute approximate surface area is 186 Å². The van der Waals surface area contributed by atoms with Crippen molar-refractivity contribution in [1.29, 1.82) is 0 Å². The summed E-state index contributed by atoms with van der Waals surface area (Å²) in [6.45, 7) is 3.32. The minimum atomic E-state index is -1.00. The zero-order chi connectivity index (χ0) is 22.3.